The SMILES string of the molecule is Cc1ccccc1NC(=O)C1CC(=O)NC2NC(Nc3ccc(Cl)cc3)NC(=O)C21. The van der Waals surface area contributed by atoms with Crippen LogP contribution in [0.2, 0.25) is 5.02 Å². The molecule has 0 radical (unpaired) electrons. The summed E-state index contributed by atoms with van der Waals surface area (Å²) >= 11 is 5.90. The molecule has 2 aliphatic heterocycles. The van der Waals surface area contributed by atoms with Crippen LogP contribution in [0.3, 0.4) is 0 Å². The van der Waals surface area contributed by atoms with E-state index in [1.807, 2.05) is 25.1 Å². The largest absolute Gasteiger partial charge is 0.353 e. The quantitative estimate of drug-likeness (QED) is 0.510. The van der Waals surface area contributed by atoms with E-state index in [-0.39, 0.29) is 24.1 Å². The Balaban J connectivity index is 1.49. The summed E-state index contributed by atoms with van der Waals surface area (Å²) in [6, 6.07) is 14.4. The van der Waals surface area contributed by atoms with E-state index in [1.54, 1.807) is 30.3 Å². The molecule has 0 bridgehead atoms. The zero-order chi connectivity index (χ0) is 21.3. The first-order chi connectivity index (χ1) is 14.4. The van der Waals surface area contributed by atoms with Crippen molar-refractivity contribution in [1.82, 2.24) is 16.0 Å². The Morgan fingerprint density at radius 2 is 1.80 bits per heavy atom. The third-order valence-corrected chi connectivity index (χ3v) is 5.60. The maximum atomic E-state index is 12.9. The first-order valence-electron chi connectivity index (χ1n) is 9.65. The number of rotatable bonds is 4. The number of fused-ring (bicyclic) bond motifs is 1. The maximum absolute atomic E-state index is 12.9. The molecule has 30 heavy (non-hydrogen) atoms. The van der Waals surface area contributed by atoms with Crippen LogP contribution in [0.15, 0.2) is 48.5 Å². The van der Waals surface area contributed by atoms with Crippen LogP contribution in [0.4, 0.5) is 11.4 Å². The van der Waals surface area contributed by atoms with Crippen LogP contribution in [0.1, 0.15) is 12.0 Å². The third kappa shape index (κ3) is 4.24. The molecule has 156 valence electrons. The molecule has 2 heterocycles. The van der Waals surface area contributed by atoms with Gasteiger partial charge < -0.3 is 21.3 Å². The number of piperidine rings is 1. The van der Waals surface area contributed by atoms with Gasteiger partial charge in [0.2, 0.25) is 17.7 Å². The minimum absolute atomic E-state index is 0.0523. The second kappa shape index (κ2) is 8.33. The van der Waals surface area contributed by atoms with Crippen molar-refractivity contribution in [2.75, 3.05) is 10.6 Å². The number of carbonyl (C=O) groups excluding carboxylic acids is 3. The monoisotopic (exact) mass is 427 g/mol. The number of benzene rings is 2. The Labute approximate surface area is 178 Å². The number of para-hydroxylation sites is 1. The Morgan fingerprint density at radius 1 is 1.07 bits per heavy atom. The van der Waals surface area contributed by atoms with Gasteiger partial charge in [0.05, 0.1) is 18.0 Å². The third-order valence-electron chi connectivity index (χ3n) is 5.34. The van der Waals surface area contributed by atoms with Gasteiger partial charge in [-0.15, -0.1) is 0 Å². The summed E-state index contributed by atoms with van der Waals surface area (Å²) in [5.41, 5.74) is 2.31. The number of amides is 3. The number of hydrogen-bond donors (Lipinski definition) is 5. The van der Waals surface area contributed by atoms with Gasteiger partial charge in [-0.2, -0.15) is 0 Å². The first kappa shape index (κ1) is 20.2. The first-order valence-corrected chi connectivity index (χ1v) is 10.0. The summed E-state index contributed by atoms with van der Waals surface area (Å²) in [4.78, 5) is 38.1. The second-order valence-corrected chi connectivity index (χ2v) is 7.88. The molecule has 2 aromatic rings. The molecule has 8 nitrogen and oxygen atoms in total. The average Bonchev–Trinajstić information content (AvgIpc) is 2.70. The molecule has 2 fully saturated rings. The summed E-state index contributed by atoms with van der Waals surface area (Å²) < 4.78 is 0. The molecule has 4 unspecified atom stereocenters. The zero-order valence-corrected chi connectivity index (χ0v) is 17.0. The molecule has 0 saturated carbocycles. The van der Waals surface area contributed by atoms with Crippen LogP contribution in [0.25, 0.3) is 0 Å². The van der Waals surface area contributed by atoms with Crippen molar-refractivity contribution >= 4 is 40.7 Å². The maximum Gasteiger partial charge on any atom is 0.229 e. The topological polar surface area (TPSA) is 111 Å². The Morgan fingerprint density at radius 3 is 2.53 bits per heavy atom. The minimum Gasteiger partial charge on any atom is -0.353 e. The molecule has 4 rings (SSSR count). The predicted octanol–water partition coefficient (Wildman–Crippen LogP) is 1.78. The highest BCUT2D eigenvalue weighted by Crippen LogP contribution is 2.28. The number of halogens is 1. The molecule has 2 aromatic carbocycles. The summed E-state index contributed by atoms with van der Waals surface area (Å²) in [5.74, 6) is -2.46. The summed E-state index contributed by atoms with van der Waals surface area (Å²) in [6.07, 6.45) is -1.33. The van der Waals surface area contributed by atoms with E-state index in [4.69, 9.17) is 11.6 Å². The van der Waals surface area contributed by atoms with Gasteiger partial charge in [-0.3, -0.25) is 19.7 Å². The minimum atomic E-state index is -0.785. The summed E-state index contributed by atoms with van der Waals surface area (Å²) in [7, 11) is 0. The van der Waals surface area contributed by atoms with Crippen molar-refractivity contribution in [1.29, 1.82) is 0 Å². The molecule has 2 aliphatic rings. The molecule has 4 atom stereocenters. The molecule has 0 spiro atoms. The lowest BCUT2D eigenvalue weighted by Crippen LogP contribution is -2.72. The Bertz CT molecular complexity index is 981. The van der Waals surface area contributed by atoms with Gasteiger partial charge in [-0.25, -0.2) is 0 Å². The molecule has 2 saturated heterocycles. The highest BCUT2D eigenvalue weighted by atomic mass is 35.5. The van der Waals surface area contributed by atoms with Crippen LogP contribution in [0.5, 0.6) is 0 Å². The van der Waals surface area contributed by atoms with Crippen LogP contribution < -0.4 is 26.6 Å². The van der Waals surface area contributed by atoms with Crippen molar-refractivity contribution in [2.24, 2.45) is 11.8 Å². The fourth-order valence-corrected chi connectivity index (χ4v) is 3.93. The van der Waals surface area contributed by atoms with Crippen molar-refractivity contribution in [2.45, 2.75) is 25.8 Å². The number of hydrogen-bond acceptors (Lipinski definition) is 5. The fraction of sp³-hybridized carbons (Fsp3) is 0.286. The molecule has 0 aliphatic carbocycles. The van der Waals surface area contributed by atoms with E-state index in [9.17, 15) is 14.4 Å². The lowest BCUT2D eigenvalue weighted by atomic mass is 9.81. The van der Waals surface area contributed by atoms with Crippen molar-refractivity contribution in [3.8, 4) is 0 Å². The van der Waals surface area contributed by atoms with Gasteiger partial charge in [-0.1, -0.05) is 29.8 Å². The fourth-order valence-electron chi connectivity index (χ4n) is 3.81. The van der Waals surface area contributed by atoms with Gasteiger partial charge in [0.15, 0.2) is 6.29 Å². The number of anilines is 2. The van der Waals surface area contributed by atoms with E-state index in [2.05, 4.69) is 26.6 Å². The van der Waals surface area contributed by atoms with Gasteiger partial charge in [0.1, 0.15) is 0 Å². The Kier molecular flexibility index (Phi) is 5.61. The second-order valence-electron chi connectivity index (χ2n) is 7.45. The van der Waals surface area contributed by atoms with E-state index in [1.165, 1.54) is 0 Å². The van der Waals surface area contributed by atoms with Gasteiger partial charge in [0.25, 0.3) is 0 Å². The van der Waals surface area contributed by atoms with Crippen molar-refractivity contribution in [3.05, 3.63) is 59.1 Å². The molecule has 3 amide bonds. The number of nitrogens with one attached hydrogen (secondary N) is 5. The zero-order valence-electron chi connectivity index (χ0n) is 16.2. The van der Waals surface area contributed by atoms with Crippen molar-refractivity contribution in [3.63, 3.8) is 0 Å². The van der Waals surface area contributed by atoms with E-state index < -0.39 is 24.3 Å². The van der Waals surface area contributed by atoms with Gasteiger partial charge in [-0.05, 0) is 42.8 Å². The van der Waals surface area contributed by atoms with Crippen molar-refractivity contribution < 1.29 is 14.4 Å². The number of aryl methyl sites for hydroxylation is 1. The molecular weight excluding hydrogens is 406 g/mol. The van der Waals surface area contributed by atoms with Gasteiger partial charge in [0, 0.05) is 22.8 Å². The van der Waals surface area contributed by atoms with E-state index in [0.717, 1.165) is 11.3 Å². The van der Waals surface area contributed by atoms with E-state index >= 15 is 0 Å². The smallest absolute Gasteiger partial charge is 0.229 e. The lowest BCUT2D eigenvalue weighted by molar-refractivity contribution is -0.144. The van der Waals surface area contributed by atoms with Gasteiger partial charge >= 0.3 is 0 Å². The Hall–Kier alpha value is -3.10. The van der Waals surface area contributed by atoms with E-state index in [0.29, 0.717) is 10.7 Å². The van der Waals surface area contributed by atoms with Crippen LogP contribution in [0, 0.1) is 18.8 Å². The standard InChI is InChI=1S/C21H22ClN5O3/c1-11-4-2-3-5-15(11)24-19(29)14-10-16(28)25-18-17(14)20(30)27-21(26-18)23-13-8-6-12(22)7-9-13/h2-9,14,17-18,21,23,26H,10H2,1H3,(H,24,29)(H,25,28)(H,27,30). The number of carbonyl (C=O) groups is 3. The molecular formula is C21H22ClN5O3. The predicted molar refractivity (Wildman–Crippen MR) is 113 cm³/mol. The van der Waals surface area contributed by atoms with Crippen LogP contribution >= 0.6 is 11.6 Å². The lowest BCUT2D eigenvalue weighted by Gasteiger charge is -2.43. The molecule has 0 aromatic heterocycles. The highest BCUT2D eigenvalue weighted by molar-refractivity contribution is 6.30. The molecule has 9 heteroatoms. The van der Waals surface area contributed by atoms with Crippen LogP contribution in [-0.2, 0) is 14.4 Å². The normalized spacial score (nSPS) is 25.5. The highest BCUT2D eigenvalue weighted by Gasteiger charge is 2.48. The summed E-state index contributed by atoms with van der Waals surface area (Å²) in [6.45, 7) is 1.88. The average molecular weight is 428 g/mol. The molecule has 5 N–H and O–H groups in total. The van der Waals surface area contributed by atoms with Crippen LogP contribution in [-0.4, -0.2) is 30.2 Å². The summed E-state index contributed by atoms with van der Waals surface area (Å²) in [5, 5.41) is 15.3.